The van der Waals surface area contributed by atoms with Crippen molar-refractivity contribution in [2.75, 3.05) is 0 Å². The topological polar surface area (TPSA) is 16.8 Å². The van der Waals surface area contributed by atoms with E-state index in [4.69, 9.17) is 4.98 Å². The first-order valence-electron chi connectivity index (χ1n) is 10.9. The first-order valence-corrected chi connectivity index (χ1v) is 10.9. The maximum atomic E-state index is 5.21. The third-order valence-corrected chi connectivity index (χ3v) is 5.84. The summed E-state index contributed by atoms with van der Waals surface area (Å²) in [5.41, 5.74) is 10.1. The van der Waals surface area contributed by atoms with Gasteiger partial charge < -0.3 is 0 Å². The highest BCUT2D eigenvalue weighted by atomic mass is 15.0. The Kier molecular flexibility index (Phi) is 5.35. The second-order valence-corrected chi connectivity index (χ2v) is 8.06. The lowest BCUT2D eigenvalue weighted by Crippen LogP contribution is -2.32. The van der Waals surface area contributed by atoms with Gasteiger partial charge in [0, 0.05) is 11.1 Å². The van der Waals surface area contributed by atoms with Gasteiger partial charge in [-0.25, -0.2) is 4.98 Å². The third-order valence-electron chi connectivity index (χ3n) is 5.84. The molecular formula is C30H25N2+. The summed E-state index contributed by atoms with van der Waals surface area (Å²) in [5, 5.41) is 0. The Morgan fingerprint density at radius 2 is 1.19 bits per heavy atom. The Bertz CT molecular complexity index is 1370. The van der Waals surface area contributed by atoms with E-state index in [2.05, 4.69) is 128 Å². The van der Waals surface area contributed by atoms with Crippen LogP contribution in [0.15, 0.2) is 115 Å². The molecule has 0 aliphatic rings. The molecule has 1 heterocycles. The van der Waals surface area contributed by atoms with Crippen molar-refractivity contribution in [1.82, 2.24) is 4.98 Å². The Morgan fingerprint density at radius 1 is 0.594 bits per heavy atom. The first-order chi connectivity index (χ1) is 15.7. The van der Waals surface area contributed by atoms with Crippen LogP contribution in [0.4, 0.5) is 0 Å². The van der Waals surface area contributed by atoms with E-state index in [1.807, 2.05) is 6.07 Å². The molecule has 0 atom stereocenters. The normalized spacial score (nSPS) is 10.8. The van der Waals surface area contributed by atoms with E-state index in [1.165, 1.54) is 22.3 Å². The molecule has 4 aromatic carbocycles. The van der Waals surface area contributed by atoms with Gasteiger partial charge in [-0.2, -0.15) is 4.57 Å². The van der Waals surface area contributed by atoms with Gasteiger partial charge in [-0.05, 0) is 35.7 Å². The van der Waals surface area contributed by atoms with E-state index in [0.717, 1.165) is 28.2 Å². The minimum absolute atomic E-state index is 0.963. The zero-order chi connectivity index (χ0) is 21.9. The lowest BCUT2D eigenvalue weighted by Gasteiger charge is -2.12. The Balaban J connectivity index is 1.76. The van der Waals surface area contributed by atoms with Gasteiger partial charge in [0.1, 0.15) is 18.4 Å². The predicted molar refractivity (Wildman–Crippen MR) is 132 cm³/mol. The smallest absolute Gasteiger partial charge is 0.234 e. The van der Waals surface area contributed by atoms with E-state index in [1.54, 1.807) is 0 Å². The van der Waals surface area contributed by atoms with Crippen molar-refractivity contribution >= 4 is 0 Å². The van der Waals surface area contributed by atoms with E-state index < -0.39 is 0 Å². The van der Waals surface area contributed by atoms with Gasteiger partial charge in [0.25, 0.3) is 0 Å². The molecule has 0 N–H and O–H groups in total. The van der Waals surface area contributed by atoms with Crippen LogP contribution in [0.5, 0.6) is 0 Å². The van der Waals surface area contributed by atoms with Crippen LogP contribution in [-0.2, 0) is 7.05 Å². The molecule has 0 aliphatic carbocycles. The Morgan fingerprint density at radius 3 is 1.91 bits per heavy atom. The predicted octanol–water partition coefficient (Wildman–Crippen LogP) is 6.88. The number of rotatable bonds is 4. The van der Waals surface area contributed by atoms with Crippen LogP contribution in [0.3, 0.4) is 0 Å². The zero-order valence-electron chi connectivity index (χ0n) is 18.4. The molecule has 32 heavy (non-hydrogen) atoms. The molecule has 0 unspecified atom stereocenters. The highest BCUT2D eigenvalue weighted by Crippen LogP contribution is 2.33. The molecule has 2 heteroatoms. The fraction of sp³-hybridized carbons (Fsp3) is 0.0667. The summed E-state index contributed by atoms with van der Waals surface area (Å²) in [6, 6.07) is 38.1. The molecular weight excluding hydrogens is 388 g/mol. The van der Waals surface area contributed by atoms with Crippen molar-refractivity contribution < 1.29 is 4.57 Å². The maximum Gasteiger partial charge on any atom is 0.239 e. The number of nitrogens with zero attached hydrogens (tertiary/aromatic N) is 2. The number of aryl methyl sites for hydroxylation is 2. The summed E-state index contributed by atoms with van der Waals surface area (Å²) in [5.74, 6) is 0. The van der Waals surface area contributed by atoms with Gasteiger partial charge in [0.15, 0.2) is 6.20 Å². The van der Waals surface area contributed by atoms with Crippen LogP contribution in [0.2, 0.25) is 0 Å². The second kappa shape index (κ2) is 8.60. The second-order valence-electron chi connectivity index (χ2n) is 8.06. The fourth-order valence-electron chi connectivity index (χ4n) is 4.20. The van der Waals surface area contributed by atoms with Gasteiger partial charge in [-0.15, -0.1) is 0 Å². The minimum atomic E-state index is 0.963. The third kappa shape index (κ3) is 3.83. The van der Waals surface area contributed by atoms with E-state index in [9.17, 15) is 0 Å². The van der Waals surface area contributed by atoms with E-state index in [0.29, 0.717) is 0 Å². The van der Waals surface area contributed by atoms with Crippen LogP contribution in [0, 0.1) is 6.92 Å². The van der Waals surface area contributed by atoms with Gasteiger partial charge in [-0.1, -0.05) is 97.1 Å². The van der Waals surface area contributed by atoms with Gasteiger partial charge >= 0.3 is 0 Å². The van der Waals surface area contributed by atoms with Crippen LogP contribution in [0.1, 0.15) is 5.56 Å². The van der Waals surface area contributed by atoms with Crippen molar-refractivity contribution in [3.05, 3.63) is 121 Å². The Hall–Kier alpha value is -4.04. The molecule has 5 aromatic rings. The van der Waals surface area contributed by atoms with Crippen LogP contribution in [0.25, 0.3) is 44.9 Å². The fourth-order valence-corrected chi connectivity index (χ4v) is 4.20. The van der Waals surface area contributed by atoms with E-state index in [-0.39, 0.29) is 0 Å². The molecule has 1 aromatic heterocycles. The summed E-state index contributed by atoms with van der Waals surface area (Å²) < 4.78 is 2.21. The van der Waals surface area contributed by atoms with Crippen LogP contribution in [-0.4, -0.2) is 4.98 Å². The van der Waals surface area contributed by atoms with Gasteiger partial charge in [0.2, 0.25) is 5.69 Å². The maximum absolute atomic E-state index is 5.21. The standard InChI is InChI=1S/C30H25N2/c1-22-12-9-10-19-27(22)30-29(31-28(21-32(30)2)24-15-7-4-8-16-24)26-18-11-17-25(20-26)23-13-5-3-6-14-23/h3-21H,1-2H3/q+1. The quantitative estimate of drug-likeness (QED) is 0.293. The molecule has 0 radical (unpaired) electrons. The SMILES string of the molecule is Cc1ccccc1-c1c(-c2cccc(-c3ccccc3)c2)nc(-c2ccccc2)c[n+]1C. The number of hydrogen-bond acceptors (Lipinski definition) is 1. The first kappa shape index (κ1) is 19.9. The zero-order valence-corrected chi connectivity index (χ0v) is 18.4. The summed E-state index contributed by atoms with van der Waals surface area (Å²) in [6.07, 6.45) is 2.13. The molecule has 154 valence electrons. The summed E-state index contributed by atoms with van der Waals surface area (Å²) in [7, 11) is 2.11. The largest absolute Gasteiger partial charge is 0.239 e. The minimum Gasteiger partial charge on any atom is -0.234 e. The van der Waals surface area contributed by atoms with Gasteiger partial charge in [0.05, 0.1) is 5.56 Å². The number of aromatic nitrogens is 2. The lowest BCUT2D eigenvalue weighted by atomic mass is 9.96. The van der Waals surface area contributed by atoms with Crippen LogP contribution >= 0.6 is 0 Å². The Labute approximate surface area is 189 Å². The molecule has 5 rings (SSSR count). The summed E-state index contributed by atoms with van der Waals surface area (Å²) >= 11 is 0. The highest BCUT2D eigenvalue weighted by molar-refractivity contribution is 5.81. The average Bonchev–Trinajstić information content (AvgIpc) is 2.85. The van der Waals surface area contributed by atoms with Crippen molar-refractivity contribution in [2.24, 2.45) is 7.05 Å². The monoisotopic (exact) mass is 413 g/mol. The molecule has 0 saturated carbocycles. The lowest BCUT2D eigenvalue weighted by molar-refractivity contribution is -0.659. The van der Waals surface area contributed by atoms with Crippen LogP contribution < -0.4 is 4.57 Å². The van der Waals surface area contributed by atoms with Crippen molar-refractivity contribution in [3.63, 3.8) is 0 Å². The molecule has 0 bridgehead atoms. The molecule has 0 aliphatic heterocycles. The van der Waals surface area contributed by atoms with Gasteiger partial charge in [-0.3, -0.25) is 0 Å². The average molecular weight is 414 g/mol. The highest BCUT2D eigenvalue weighted by Gasteiger charge is 2.23. The molecule has 2 nitrogen and oxygen atoms in total. The van der Waals surface area contributed by atoms with E-state index >= 15 is 0 Å². The van der Waals surface area contributed by atoms with Crippen molar-refractivity contribution in [1.29, 1.82) is 0 Å². The number of hydrogen-bond donors (Lipinski definition) is 0. The summed E-state index contributed by atoms with van der Waals surface area (Å²) in [4.78, 5) is 5.21. The number of benzene rings is 4. The molecule has 0 fully saturated rings. The van der Waals surface area contributed by atoms with Crippen molar-refractivity contribution in [3.8, 4) is 44.9 Å². The van der Waals surface area contributed by atoms with Crippen molar-refractivity contribution in [2.45, 2.75) is 6.92 Å². The molecule has 0 spiro atoms. The molecule has 0 saturated heterocycles. The molecule has 0 amide bonds. The summed E-state index contributed by atoms with van der Waals surface area (Å²) in [6.45, 7) is 2.16.